The second-order valence-electron chi connectivity index (χ2n) is 12.0. The Hall–Kier alpha value is -5.92. The highest BCUT2D eigenvalue weighted by molar-refractivity contribution is 6.29. The van der Waals surface area contributed by atoms with E-state index in [0.717, 1.165) is 21.9 Å². The fourth-order valence-electron chi connectivity index (χ4n) is 7.68. The standard InChI is InChI=1S/C44H26O/c1-2-12-27(13-3-1)43-33-17-6-8-19-35(33)44(36-20-9-7-18-34(36)43)28-22-23-31-37(24-28)29-14-4-5-15-30(29)38-25-40-32-16-10-11-21-41(32)45-42(40)26-39(31)38/h1-26H. The van der Waals surface area contributed by atoms with Crippen molar-refractivity contribution in [3.63, 3.8) is 0 Å². The minimum atomic E-state index is 0.927. The number of fused-ring (bicyclic) bond motifs is 11. The van der Waals surface area contributed by atoms with Crippen LogP contribution in [0.25, 0.3) is 98.1 Å². The Morgan fingerprint density at radius 3 is 1.36 bits per heavy atom. The van der Waals surface area contributed by atoms with Crippen molar-refractivity contribution in [3.8, 4) is 22.3 Å². The van der Waals surface area contributed by atoms with Crippen molar-refractivity contribution >= 4 is 75.8 Å². The van der Waals surface area contributed by atoms with E-state index in [1.54, 1.807) is 0 Å². The van der Waals surface area contributed by atoms with Gasteiger partial charge in [-0.25, -0.2) is 0 Å². The summed E-state index contributed by atoms with van der Waals surface area (Å²) in [6, 6.07) is 57.4. The molecule has 0 unspecified atom stereocenters. The van der Waals surface area contributed by atoms with Crippen LogP contribution in [0.3, 0.4) is 0 Å². The molecule has 10 aromatic rings. The highest BCUT2D eigenvalue weighted by atomic mass is 16.3. The number of rotatable bonds is 2. The number of benzene rings is 9. The van der Waals surface area contributed by atoms with Gasteiger partial charge in [0.05, 0.1) is 0 Å². The van der Waals surface area contributed by atoms with Gasteiger partial charge in [0.1, 0.15) is 11.2 Å². The normalized spacial score (nSPS) is 12.0. The average molecular weight is 571 g/mol. The summed E-state index contributed by atoms with van der Waals surface area (Å²) in [5, 5.41) is 14.9. The zero-order valence-electron chi connectivity index (χ0n) is 24.4. The highest BCUT2D eigenvalue weighted by Crippen LogP contribution is 2.46. The molecule has 0 aliphatic rings. The van der Waals surface area contributed by atoms with Crippen molar-refractivity contribution in [2.45, 2.75) is 0 Å². The summed E-state index contributed by atoms with van der Waals surface area (Å²) >= 11 is 0. The van der Waals surface area contributed by atoms with Crippen LogP contribution >= 0.6 is 0 Å². The molecule has 1 nitrogen and oxygen atoms in total. The molecule has 0 amide bonds. The van der Waals surface area contributed by atoms with Crippen molar-refractivity contribution in [1.29, 1.82) is 0 Å². The predicted molar refractivity (Wildman–Crippen MR) is 192 cm³/mol. The zero-order chi connectivity index (χ0) is 29.5. The Balaban J connectivity index is 1.33. The Morgan fingerprint density at radius 1 is 0.244 bits per heavy atom. The van der Waals surface area contributed by atoms with Gasteiger partial charge in [-0.3, -0.25) is 0 Å². The summed E-state index contributed by atoms with van der Waals surface area (Å²) in [7, 11) is 0. The first kappa shape index (κ1) is 24.5. The van der Waals surface area contributed by atoms with Crippen LogP contribution < -0.4 is 0 Å². The lowest BCUT2D eigenvalue weighted by Gasteiger charge is -2.18. The first-order valence-corrected chi connectivity index (χ1v) is 15.5. The first-order chi connectivity index (χ1) is 22.3. The van der Waals surface area contributed by atoms with Gasteiger partial charge in [-0.1, -0.05) is 133 Å². The number of hydrogen-bond acceptors (Lipinski definition) is 1. The smallest absolute Gasteiger partial charge is 0.136 e. The van der Waals surface area contributed by atoms with Crippen LogP contribution in [0.4, 0.5) is 0 Å². The van der Waals surface area contributed by atoms with E-state index in [0.29, 0.717) is 0 Å². The second-order valence-corrected chi connectivity index (χ2v) is 12.0. The van der Waals surface area contributed by atoms with E-state index in [9.17, 15) is 0 Å². The van der Waals surface area contributed by atoms with E-state index >= 15 is 0 Å². The molecule has 1 aromatic heterocycles. The lowest BCUT2D eigenvalue weighted by atomic mass is 9.85. The van der Waals surface area contributed by atoms with E-state index in [4.69, 9.17) is 4.42 Å². The predicted octanol–water partition coefficient (Wildman–Crippen LogP) is 12.7. The van der Waals surface area contributed by atoms with E-state index in [2.05, 4.69) is 152 Å². The maximum absolute atomic E-state index is 6.36. The SMILES string of the molecule is c1ccc(-c2c3ccccc3c(-c3ccc4c(c3)c3ccccc3c3cc5c(cc43)oc3ccccc35)c3ccccc23)cc1. The average Bonchev–Trinajstić information content (AvgIpc) is 3.47. The summed E-state index contributed by atoms with van der Waals surface area (Å²) in [6.07, 6.45) is 0. The molecule has 0 saturated carbocycles. The van der Waals surface area contributed by atoms with E-state index in [-0.39, 0.29) is 0 Å². The lowest BCUT2D eigenvalue weighted by molar-refractivity contribution is 0.669. The van der Waals surface area contributed by atoms with Crippen molar-refractivity contribution in [2.75, 3.05) is 0 Å². The van der Waals surface area contributed by atoms with Gasteiger partial charge in [-0.2, -0.15) is 0 Å². The van der Waals surface area contributed by atoms with Gasteiger partial charge >= 0.3 is 0 Å². The molecule has 1 heterocycles. The topological polar surface area (TPSA) is 13.1 Å². The highest BCUT2D eigenvalue weighted by Gasteiger charge is 2.18. The molecule has 0 aliphatic carbocycles. The first-order valence-electron chi connectivity index (χ1n) is 15.5. The Bertz CT molecular complexity index is 2740. The number of furan rings is 1. The summed E-state index contributed by atoms with van der Waals surface area (Å²) in [5.74, 6) is 0. The Morgan fingerprint density at radius 2 is 0.711 bits per heavy atom. The summed E-state index contributed by atoms with van der Waals surface area (Å²) in [4.78, 5) is 0. The fourth-order valence-corrected chi connectivity index (χ4v) is 7.68. The minimum absolute atomic E-state index is 0.927. The maximum atomic E-state index is 6.36. The van der Waals surface area contributed by atoms with Crippen LogP contribution in [0.5, 0.6) is 0 Å². The summed E-state index contributed by atoms with van der Waals surface area (Å²) in [5.41, 5.74) is 6.89. The van der Waals surface area contributed by atoms with Crippen molar-refractivity contribution in [1.82, 2.24) is 0 Å². The van der Waals surface area contributed by atoms with Crippen LogP contribution in [0.2, 0.25) is 0 Å². The quantitative estimate of drug-likeness (QED) is 0.149. The van der Waals surface area contributed by atoms with E-state index < -0.39 is 0 Å². The Labute approximate surface area is 259 Å². The van der Waals surface area contributed by atoms with Crippen molar-refractivity contribution < 1.29 is 4.42 Å². The Kier molecular flexibility index (Phi) is 5.06. The van der Waals surface area contributed by atoms with Gasteiger partial charge in [0.2, 0.25) is 0 Å². The van der Waals surface area contributed by atoms with Crippen LogP contribution in [0.1, 0.15) is 0 Å². The third-order valence-electron chi connectivity index (χ3n) is 9.62. The molecular formula is C44H26O. The third kappa shape index (κ3) is 3.50. The van der Waals surface area contributed by atoms with Crippen molar-refractivity contribution in [2.24, 2.45) is 0 Å². The molecular weight excluding hydrogens is 544 g/mol. The molecule has 0 saturated heterocycles. The fraction of sp³-hybridized carbons (Fsp3) is 0. The molecule has 45 heavy (non-hydrogen) atoms. The maximum Gasteiger partial charge on any atom is 0.136 e. The molecule has 0 bridgehead atoms. The zero-order valence-corrected chi connectivity index (χ0v) is 24.4. The van der Waals surface area contributed by atoms with Gasteiger partial charge in [0, 0.05) is 10.8 Å². The van der Waals surface area contributed by atoms with E-state index in [1.807, 2.05) is 6.07 Å². The van der Waals surface area contributed by atoms with Crippen LogP contribution in [-0.2, 0) is 0 Å². The molecule has 0 aliphatic heterocycles. The van der Waals surface area contributed by atoms with Crippen molar-refractivity contribution in [3.05, 3.63) is 158 Å². The molecule has 208 valence electrons. The second kappa shape index (κ2) is 9.29. The summed E-state index contributed by atoms with van der Waals surface area (Å²) < 4.78 is 6.36. The third-order valence-corrected chi connectivity index (χ3v) is 9.62. The lowest BCUT2D eigenvalue weighted by Crippen LogP contribution is -1.91. The summed E-state index contributed by atoms with van der Waals surface area (Å²) in [6.45, 7) is 0. The number of para-hydroxylation sites is 1. The van der Waals surface area contributed by atoms with Gasteiger partial charge < -0.3 is 4.42 Å². The molecule has 10 rings (SSSR count). The largest absolute Gasteiger partial charge is 0.456 e. The van der Waals surface area contributed by atoms with Crippen LogP contribution in [0, 0.1) is 0 Å². The van der Waals surface area contributed by atoms with Gasteiger partial charge in [0.15, 0.2) is 0 Å². The van der Waals surface area contributed by atoms with Gasteiger partial charge in [-0.15, -0.1) is 0 Å². The van der Waals surface area contributed by atoms with Crippen LogP contribution in [-0.4, -0.2) is 0 Å². The van der Waals surface area contributed by atoms with Gasteiger partial charge in [0.25, 0.3) is 0 Å². The van der Waals surface area contributed by atoms with Gasteiger partial charge in [-0.05, 0) is 100 Å². The number of hydrogen-bond donors (Lipinski definition) is 0. The molecule has 9 aromatic carbocycles. The monoisotopic (exact) mass is 570 g/mol. The molecule has 0 spiro atoms. The van der Waals surface area contributed by atoms with E-state index in [1.165, 1.54) is 76.1 Å². The molecule has 0 atom stereocenters. The minimum Gasteiger partial charge on any atom is -0.456 e. The molecule has 1 heteroatoms. The molecule has 0 fully saturated rings. The molecule has 0 radical (unpaired) electrons. The van der Waals surface area contributed by atoms with Crippen LogP contribution in [0.15, 0.2) is 162 Å². The molecule has 0 N–H and O–H groups in total.